The van der Waals surface area contributed by atoms with E-state index in [1.54, 1.807) is 49.4 Å². The first-order valence-electron chi connectivity index (χ1n) is 7.46. The van der Waals surface area contributed by atoms with Gasteiger partial charge in [-0.05, 0) is 25.1 Å². The van der Waals surface area contributed by atoms with Crippen LogP contribution in [-0.2, 0) is 10.0 Å². The summed E-state index contributed by atoms with van der Waals surface area (Å²) in [6, 6.07) is 15.4. The topological polar surface area (TPSA) is 113 Å². The quantitative estimate of drug-likeness (QED) is 0.378. The molecule has 0 aliphatic carbocycles. The van der Waals surface area contributed by atoms with E-state index in [-0.39, 0.29) is 10.9 Å². The number of para-hydroxylation sites is 1. The highest BCUT2D eigenvalue weighted by molar-refractivity contribution is 7.90. The van der Waals surface area contributed by atoms with Crippen LogP contribution in [0.5, 0.6) is 0 Å². The minimum atomic E-state index is -3.74. The Hall–Kier alpha value is -3.13. The van der Waals surface area contributed by atoms with Crippen molar-refractivity contribution in [2.75, 3.05) is 0 Å². The van der Waals surface area contributed by atoms with Crippen molar-refractivity contribution in [3.63, 3.8) is 0 Å². The number of guanidine groups is 1. The van der Waals surface area contributed by atoms with Gasteiger partial charge in [0.2, 0.25) is 5.96 Å². The van der Waals surface area contributed by atoms with E-state index in [9.17, 15) is 8.42 Å². The van der Waals surface area contributed by atoms with E-state index in [2.05, 4.69) is 10.5 Å². The molecule has 0 saturated heterocycles. The second-order valence-corrected chi connectivity index (χ2v) is 7.21. The molecule has 0 atom stereocenters. The van der Waals surface area contributed by atoms with E-state index in [0.717, 1.165) is 5.39 Å². The number of nitrogens with zero attached hydrogens (tertiary/aromatic N) is 2. The Labute approximate surface area is 145 Å². The zero-order valence-electron chi connectivity index (χ0n) is 13.5. The maximum Gasteiger partial charge on any atom is 0.268 e. The van der Waals surface area contributed by atoms with Crippen molar-refractivity contribution in [3.05, 3.63) is 66.4 Å². The molecule has 0 bridgehead atoms. The lowest BCUT2D eigenvalue weighted by molar-refractivity contribution is 0.589. The highest BCUT2D eigenvalue weighted by Crippen LogP contribution is 2.26. The molecule has 0 aliphatic rings. The van der Waals surface area contributed by atoms with Crippen molar-refractivity contribution in [1.82, 2.24) is 9.40 Å². The van der Waals surface area contributed by atoms with E-state index in [0.29, 0.717) is 16.8 Å². The molecule has 4 N–H and O–H groups in total. The third kappa shape index (κ3) is 3.11. The number of nitrogens with two attached hydrogens (primary N) is 1. The van der Waals surface area contributed by atoms with Gasteiger partial charge >= 0.3 is 0 Å². The van der Waals surface area contributed by atoms with Crippen LogP contribution in [0.15, 0.2) is 70.8 Å². The maximum atomic E-state index is 13.0. The van der Waals surface area contributed by atoms with Crippen molar-refractivity contribution in [2.45, 2.75) is 11.8 Å². The molecule has 0 aliphatic heterocycles. The number of fused-ring (bicyclic) bond motifs is 1. The minimum absolute atomic E-state index is 0.207. The van der Waals surface area contributed by atoms with Crippen LogP contribution in [0, 0.1) is 5.41 Å². The first-order valence-corrected chi connectivity index (χ1v) is 8.90. The zero-order valence-corrected chi connectivity index (χ0v) is 14.3. The third-order valence-electron chi connectivity index (χ3n) is 3.71. The van der Waals surface area contributed by atoms with Gasteiger partial charge in [0.15, 0.2) is 0 Å². The first-order chi connectivity index (χ1) is 11.9. The minimum Gasteiger partial charge on any atom is -0.369 e. The van der Waals surface area contributed by atoms with Gasteiger partial charge in [0, 0.05) is 17.1 Å². The lowest BCUT2D eigenvalue weighted by Gasteiger charge is -2.07. The van der Waals surface area contributed by atoms with Crippen LogP contribution in [0.2, 0.25) is 0 Å². The highest BCUT2D eigenvalue weighted by Gasteiger charge is 2.21. The summed E-state index contributed by atoms with van der Waals surface area (Å²) in [4.78, 5) is 0.207. The van der Waals surface area contributed by atoms with E-state index in [1.165, 1.54) is 10.2 Å². The molecule has 1 aromatic heterocycles. The Kier molecular flexibility index (Phi) is 4.28. The van der Waals surface area contributed by atoms with Gasteiger partial charge in [-0.1, -0.05) is 36.4 Å². The monoisotopic (exact) mass is 355 g/mol. The second-order valence-electron chi connectivity index (χ2n) is 5.40. The van der Waals surface area contributed by atoms with Crippen LogP contribution in [0.3, 0.4) is 0 Å². The predicted molar refractivity (Wildman–Crippen MR) is 98.2 cm³/mol. The van der Waals surface area contributed by atoms with Gasteiger partial charge in [0.1, 0.15) is 0 Å². The van der Waals surface area contributed by atoms with Crippen LogP contribution in [-0.4, -0.2) is 24.1 Å². The van der Waals surface area contributed by atoms with Gasteiger partial charge in [0.05, 0.1) is 16.1 Å². The third-order valence-corrected chi connectivity index (χ3v) is 5.40. The van der Waals surface area contributed by atoms with Gasteiger partial charge in [-0.2, -0.15) is 5.10 Å². The predicted octanol–water partition coefficient (Wildman–Crippen LogP) is 2.09. The Bertz CT molecular complexity index is 1070. The molecule has 3 aromatic rings. The lowest BCUT2D eigenvalue weighted by Crippen LogP contribution is -2.26. The van der Waals surface area contributed by atoms with Gasteiger partial charge in [-0.3, -0.25) is 5.41 Å². The van der Waals surface area contributed by atoms with Crippen molar-refractivity contribution in [3.8, 4) is 0 Å². The van der Waals surface area contributed by atoms with Crippen molar-refractivity contribution < 1.29 is 8.42 Å². The summed E-state index contributed by atoms with van der Waals surface area (Å²) in [7, 11) is -3.74. The molecule has 3 rings (SSSR count). The van der Waals surface area contributed by atoms with Crippen LogP contribution >= 0.6 is 0 Å². The Morgan fingerprint density at radius 1 is 1.12 bits per heavy atom. The zero-order chi connectivity index (χ0) is 18.0. The largest absolute Gasteiger partial charge is 0.369 e. The fourth-order valence-electron chi connectivity index (χ4n) is 2.55. The van der Waals surface area contributed by atoms with E-state index in [1.807, 2.05) is 12.1 Å². The van der Waals surface area contributed by atoms with Gasteiger partial charge in [-0.15, -0.1) is 0 Å². The summed E-state index contributed by atoms with van der Waals surface area (Å²) in [6.45, 7) is 1.72. The number of hydrogen-bond acceptors (Lipinski definition) is 4. The van der Waals surface area contributed by atoms with Crippen LogP contribution in [0.25, 0.3) is 10.9 Å². The van der Waals surface area contributed by atoms with Crippen molar-refractivity contribution >= 4 is 32.6 Å². The Morgan fingerprint density at radius 3 is 2.44 bits per heavy atom. The molecule has 0 amide bonds. The standard InChI is InChI=1S/C17H17N5O2S/c1-12(20-21-17(18)19)15-11-22(16-10-6-5-9-14(15)16)25(23,24)13-7-3-2-4-8-13/h2-11H,1H3,(H4,18,19,21)/b20-12-. The molecule has 0 fully saturated rings. The van der Waals surface area contributed by atoms with Gasteiger partial charge < -0.3 is 5.73 Å². The van der Waals surface area contributed by atoms with Gasteiger partial charge in [-0.25, -0.2) is 17.8 Å². The summed E-state index contributed by atoms with van der Waals surface area (Å²) in [5.41, 5.74) is 9.34. The average Bonchev–Trinajstić information content (AvgIpc) is 3.01. The van der Waals surface area contributed by atoms with Crippen molar-refractivity contribution in [2.24, 2.45) is 10.8 Å². The SMILES string of the molecule is C/C(=N/NC(=N)N)c1cn(S(=O)(=O)c2ccccc2)c2ccccc12. The summed E-state index contributed by atoms with van der Waals surface area (Å²) >= 11 is 0. The molecular weight excluding hydrogens is 338 g/mol. The van der Waals surface area contributed by atoms with Gasteiger partial charge in [0.25, 0.3) is 10.0 Å². The average molecular weight is 355 g/mol. The molecule has 0 saturated carbocycles. The molecule has 7 nitrogen and oxygen atoms in total. The molecular formula is C17H17N5O2S. The highest BCUT2D eigenvalue weighted by atomic mass is 32.2. The number of rotatable bonds is 4. The molecule has 2 aromatic carbocycles. The summed E-state index contributed by atoms with van der Waals surface area (Å²) < 4.78 is 27.3. The summed E-state index contributed by atoms with van der Waals surface area (Å²) in [5, 5.41) is 12.0. The number of hydrogen-bond donors (Lipinski definition) is 3. The number of aromatic nitrogens is 1. The fourth-order valence-corrected chi connectivity index (χ4v) is 3.94. The Balaban J connectivity index is 2.21. The number of benzene rings is 2. The second kappa shape index (κ2) is 6.40. The lowest BCUT2D eigenvalue weighted by atomic mass is 10.1. The Morgan fingerprint density at radius 2 is 1.76 bits per heavy atom. The summed E-state index contributed by atoms with van der Waals surface area (Å²) in [5.74, 6) is -0.292. The molecule has 8 heteroatoms. The van der Waals surface area contributed by atoms with Crippen LogP contribution < -0.4 is 11.2 Å². The smallest absolute Gasteiger partial charge is 0.268 e. The molecule has 128 valence electrons. The molecule has 0 radical (unpaired) electrons. The number of nitrogens with one attached hydrogen (secondary N) is 2. The van der Waals surface area contributed by atoms with E-state index in [4.69, 9.17) is 11.1 Å². The molecule has 25 heavy (non-hydrogen) atoms. The normalized spacial score (nSPS) is 12.3. The number of hydrazone groups is 1. The first kappa shape index (κ1) is 16.7. The van der Waals surface area contributed by atoms with Crippen molar-refractivity contribution in [1.29, 1.82) is 5.41 Å². The molecule has 0 spiro atoms. The summed E-state index contributed by atoms with van der Waals surface area (Å²) in [6.07, 6.45) is 1.54. The van der Waals surface area contributed by atoms with Crippen LogP contribution in [0.1, 0.15) is 12.5 Å². The molecule has 0 unspecified atom stereocenters. The van der Waals surface area contributed by atoms with E-state index < -0.39 is 10.0 Å². The maximum absolute atomic E-state index is 13.0. The van der Waals surface area contributed by atoms with Crippen LogP contribution in [0.4, 0.5) is 0 Å². The fraction of sp³-hybridized carbons (Fsp3) is 0.0588. The molecule has 1 heterocycles. The van der Waals surface area contributed by atoms with E-state index >= 15 is 0 Å².